The molecule has 24 nitrogen and oxygen atoms in total. The first-order valence-corrected chi connectivity index (χ1v) is 17.4. The molecule has 5 unspecified atom stereocenters. The van der Waals surface area contributed by atoms with E-state index in [1.807, 2.05) is 10.6 Å². The van der Waals surface area contributed by atoms with Crippen LogP contribution >= 0.6 is 0 Å². The van der Waals surface area contributed by atoms with Crippen molar-refractivity contribution in [2.45, 2.75) is 75.3 Å². The van der Waals surface area contributed by atoms with Crippen molar-refractivity contribution >= 4 is 59.3 Å². The summed E-state index contributed by atoms with van der Waals surface area (Å²) in [6.45, 7) is -3.35. The summed E-state index contributed by atoms with van der Waals surface area (Å²) in [6.07, 6.45) is -1.54. The van der Waals surface area contributed by atoms with Crippen LogP contribution in [-0.2, 0) is 54.5 Å². The number of amides is 9. The lowest BCUT2D eigenvalue weighted by Gasteiger charge is -2.24. The van der Waals surface area contributed by atoms with Gasteiger partial charge >= 0.3 is 12.1 Å². The highest BCUT2D eigenvalue weighted by Gasteiger charge is 2.31. The first-order chi connectivity index (χ1) is 27.0. The van der Waals surface area contributed by atoms with Crippen LogP contribution in [0.3, 0.4) is 0 Å². The third kappa shape index (κ3) is 20.2. The number of hydrogen-bond donors (Lipinski definition) is 13. The van der Waals surface area contributed by atoms with Crippen molar-refractivity contribution in [1.29, 1.82) is 0 Å². The fourth-order valence-corrected chi connectivity index (χ4v) is 4.61. The Labute approximate surface area is 325 Å². The van der Waals surface area contributed by atoms with Crippen LogP contribution in [0.1, 0.15) is 44.1 Å². The molecular formula is C33H50N10O14. The molecular weight excluding hydrogens is 760 g/mol. The molecule has 24 heteroatoms. The molecule has 1 rings (SSSR count). The second kappa shape index (κ2) is 26.4. The zero-order valence-electron chi connectivity index (χ0n) is 30.8. The molecule has 0 radical (unpaired) electrons. The van der Waals surface area contributed by atoms with Gasteiger partial charge in [0.1, 0.15) is 36.8 Å². The molecule has 0 fully saturated rings. The van der Waals surface area contributed by atoms with Gasteiger partial charge in [0.2, 0.25) is 47.3 Å². The van der Waals surface area contributed by atoms with E-state index >= 15 is 0 Å². The van der Waals surface area contributed by atoms with Crippen molar-refractivity contribution < 1.29 is 68.0 Å². The molecule has 1 aromatic rings. The van der Waals surface area contributed by atoms with Gasteiger partial charge in [-0.15, -0.1) is 0 Å². The van der Waals surface area contributed by atoms with Gasteiger partial charge in [-0.05, 0) is 37.8 Å². The lowest BCUT2D eigenvalue weighted by molar-refractivity contribution is -0.144. The van der Waals surface area contributed by atoms with Crippen molar-refractivity contribution in [3.8, 4) is 0 Å². The average molecular weight is 811 g/mol. The van der Waals surface area contributed by atoms with Crippen molar-refractivity contribution in [2.24, 2.45) is 17.2 Å². The largest absolute Gasteiger partial charge is 0.480 e. The highest BCUT2D eigenvalue weighted by atomic mass is 16.5. The number of hydrogen-bond acceptors (Lipinski definition) is 14. The Morgan fingerprint density at radius 3 is 1.72 bits per heavy atom. The SMILES string of the molecule is NCCCCC(NC(=O)OCc1ccccc1)C(=O)NC(CO)C(=O)NC(CCC(N)=O)C(=O)NCC(=O)NCC(=O)NC(CO)C(=O)NC(CC(N)=O)C(=O)O. The second-order valence-corrected chi connectivity index (χ2v) is 12.2. The van der Waals surface area contributed by atoms with Crippen molar-refractivity contribution in [1.82, 2.24) is 37.2 Å². The number of aliphatic hydroxyl groups is 2. The number of nitrogens with one attached hydrogen (secondary N) is 7. The molecule has 5 atom stereocenters. The minimum Gasteiger partial charge on any atom is -0.480 e. The number of aliphatic carboxylic acids is 1. The highest BCUT2D eigenvalue weighted by molar-refractivity contribution is 5.96. The number of nitrogens with two attached hydrogens (primary N) is 3. The van der Waals surface area contributed by atoms with Crippen LogP contribution in [0, 0.1) is 0 Å². The number of carboxylic acid groups (broad SMARTS) is 1. The summed E-state index contributed by atoms with van der Waals surface area (Å²) < 4.78 is 5.18. The van der Waals surface area contributed by atoms with Crippen LogP contribution in [0.5, 0.6) is 0 Å². The minimum atomic E-state index is -1.75. The van der Waals surface area contributed by atoms with Gasteiger partial charge in [-0.2, -0.15) is 0 Å². The van der Waals surface area contributed by atoms with E-state index in [1.54, 1.807) is 30.3 Å². The average Bonchev–Trinajstić information content (AvgIpc) is 3.17. The third-order valence-corrected chi connectivity index (χ3v) is 7.62. The predicted molar refractivity (Wildman–Crippen MR) is 194 cm³/mol. The Morgan fingerprint density at radius 1 is 0.614 bits per heavy atom. The molecule has 16 N–H and O–H groups in total. The van der Waals surface area contributed by atoms with E-state index in [9.17, 15) is 58.2 Å². The summed E-state index contributed by atoms with van der Waals surface area (Å²) in [6, 6.07) is 0.846. The molecule has 316 valence electrons. The first-order valence-electron chi connectivity index (χ1n) is 17.4. The van der Waals surface area contributed by atoms with Gasteiger partial charge in [-0.1, -0.05) is 30.3 Å². The zero-order chi connectivity index (χ0) is 42.9. The fourth-order valence-electron chi connectivity index (χ4n) is 4.61. The molecule has 0 saturated heterocycles. The van der Waals surface area contributed by atoms with Crippen LogP contribution in [0.2, 0.25) is 0 Å². The van der Waals surface area contributed by atoms with Crippen molar-refractivity contribution in [3.05, 3.63) is 35.9 Å². The Morgan fingerprint density at radius 2 is 1.16 bits per heavy atom. The van der Waals surface area contributed by atoms with Gasteiger partial charge in [0.05, 0.1) is 32.7 Å². The topological polar surface area (TPSA) is 403 Å². The van der Waals surface area contributed by atoms with Crippen LogP contribution in [0.25, 0.3) is 0 Å². The smallest absolute Gasteiger partial charge is 0.408 e. The second-order valence-electron chi connectivity index (χ2n) is 12.2. The quantitative estimate of drug-likeness (QED) is 0.0368. The lowest BCUT2D eigenvalue weighted by Crippen LogP contribution is -2.58. The minimum absolute atomic E-state index is 0.0829. The number of alkyl carbamates (subject to hydrolysis) is 1. The highest BCUT2D eigenvalue weighted by Crippen LogP contribution is 2.06. The standard InChI is InChI=1S/C33H50N10O14/c34-11-5-4-8-19(43-33(56)57-17-18-6-2-1-3-7-18)29(51)42-23(16-45)31(53)40-20(9-10-24(35)46)28(50)38-13-26(48)37-14-27(49)39-22(15-44)30(52)41-21(32(54)55)12-25(36)47/h1-3,6-7,19-23,44-45H,4-5,8-17,34H2,(H2,35,46)(H2,36,47)(H,37,48)(H,38,50)(H,39,49)(H,40,53)(H,41,52)(H,42,51)(H,43,56)(H,54,55). The number of carbonyl (C=O) groups excluding carboxylic acids is 9. The van der Waals surface area contributed by atoms with E-state index in [-0.39, 0.29) is 19.4 Å². The molecule has 0 bridgehead atoms. The van der Waals surface area contributed by atoms with Crippen LogP contribution in [0.4, 0.5) is 4.79 Å². The van der Waals surface area contributed by atoms with Crippen LogP contribution in [-0.4, -0.2) is 138 Å². The fraction of sp³-hybridized carbons (Fsp3) is 0.515. The van der Waals surface area contributed by atoms with Gasteiger partial charge < -0.3 is 74.5 Å². The maximum absolute atomic E-state index is 13.2. The number of benzene rings is 1. The number of aliphatic hydroxyl groups excluding tert-OH is 2. The molecule has 0 heterocycles. The molecule has 9 amide bonds. The predicted octanol–water partition coefficient (Wildman–Crippen LogP) is -6.21. The molecule has 0 saturated carbocycles. The summed E-state index contributed by atoms with van der Waals surface area (Å²) in [5.41, 5.74) is 16.4. The van der Waals surface area contributed by atoms with E-state index in [0.29, 0.717) is 24.9 Å². The number of unbranched alkanes of at least 4 members (excludes halogenated alkanes) is 1. The van der Waals surface area contributed by atoms with Gasteiger partial charge in [0.15, 0.2) is 0 Å². The van der Waals surface area contributed by atoms with Crippen molar-refractivity contribution in [2.75, 3.05) is 32.8 Å². The Bertz CT molecular complexity index is 1560. The van der Waals surface area contributed by atoms with Gasteiger partial charge in [-0.3, -0.25) is 38.4 Å². The summed E-state index contributed by atoms with van der Waals surface area (Å²) in [4.78, 5) is 122. The molecule has 57 heavy (non-hydrogen) atoms. The molecule has 1 aromatic carbocycles. The Hall–Kier alpha value is -6.40. The summed E-state index contributed by atoms with van der Waals surface area (Å²) in [5, 5.41) is 43.7. The van der Waals surface area contributed by atoms with E-state index in [1.165, 1.54) is 0 Å². The number of rotatable bonds is 27. The van der Waals surface area contributed by atoms with Gasteiger partial charge in [-0.25, -0.2) is 9.59 Å². The van der Waals surface area contributed by atoms with Crippen LogP contribution < -0.4 is 54.4 Å². The third-order valence-electron chi connectivity index (χ3n) is 7.62. The number of carbonyl (C=O) groups is 10. The summed E-state index contributed by atoms with van der Waals surface area (Å²) >= 11 is 0. The first kappa shape index (κ1) is 48.6. The lowest BCUT2D eigenvalue weighted by atomic mass is 10.1. The number of ether oxygens (including phenoxy) is 1. The molecule has 0 spiro atoms. The maximum Gasteiger partial charge on any atom is 0.408 e. The van der Waals surface area contributed by atoms with Gasteiger partial charge in [0, 0.05) is 6.42 Å². The number of carboxylic acids is 1. The Kier molecular flexibility index (Phi) is 22.5. The van der Waals surface area contributed by atoms with E-state index in [2.05, 4.69) is 26.6 Å². The van der Waals surface area contributed by atoms with Crippen molar-refractivity contribution in [3.63, 3.8) is 0 Å². The summed E-state index contributed by atoms with van der Waals surface area (Å²) in [7, 11) is 0. The zero-order valence-corrected chi connectivity index (χ0v) is 30.8. The molecule has 0 aliphatic rings. The van der Waals surface area contributed by atoms with E-state index in [0.717, 1.165) is 0 Å². The number of primary amides is 2. The van der Waals surface area contributed by atoms with E-state index in [4.69, 9.17) is 27.0 Å². The normalized spacial score (nSPS) is 13.2. The molecule has 0 aromatic heterocycles. The Balaban J connectivity index is 2.82. The summed E-state index contributed by atoms with van der Waals surface area (Å²) in [5.74, 6) is -9.67. The van der Waals surface area contributed by atoms with E-state index < -0.39 is 129 Å². The maximum atomic E-state index is 13.2. The van der Waals surface area contributed by atoms with Gasteiger partial charge in [0.25, 0.3) is 0 Å². The molecule has 0 aliphatic carbocycles. The molecule has 0 aliphatic heterocycles. The van der Waals surface area contributed by atoms with Crippen LogP contribution in [0.15, 0.2) is 30.3 Å². The monoisotopic (exact) mass is 810 g/mol.